The Labute approximate surface area is 281 Å². The summed E-state index contributed by atoms with van der Waals surface area (Å²) in [5.74, 6) is 0.898. The highest BCUT2D eigenvalue weighted by atomic mass is 15.3. The molecule has 0 unspecified atom stereocenters. The molecule has 3 heterocycles. The van der Waals surface area contributed by atoms with Crippen LogP contribution in [0.25, 0.3) is 93.7 Å². The standard InChI is InChI=1S/C45H28N4/c1-2-14-31(15-3-1)47-40-22-9-8-21-38(40)43-44(47)49-42-24-11-10-23-41(42)48(45(49)46-43)32-16-12-13-29(27-32)30-25-26-37-35-19-5-4-17-33(35)34-18-6-7-20-36(34)39(37)28-30/h1-28H. The minimum Gasteiger partial charge on any atom is -0.294 e. The number of hydrogen-bond acceptors (Lipinski definition) is 1. The van der Waals surface area contributed by atoms with E-state index in [1.54, 1.807) is 0 Å². The predicted molar refractivity (Wildman–Crippen MR) is 204 cm³/mol. The van der Waals surface area contributed by atoms with Gasteiger partial charge in [0.25, 0.3) is 0 Å². The van der Waals surface area contributed by atoms with Crippen LogP contribution < -0.4 is 0 Å². The van der Waals surface area contributed by atoms with Crippen molar-refractivity contribution in [1.82, 2.24) is 18.5 Å². The molecule has 0 N–H and O–H groups in total. The number of hydrogen-bond donors (Lipinski definition) is 0. The minimum absolute atomic E-state index is 0.898. The largest absolute Gasteiger partial charge is 0.294 e. The molecular formula is C45H28N4. The third-order valence-corrected chi connectivity index (χ3v) is 10.2. The van der Waals surface area contributed by atoms with Crippen LogP contribution in [0.5, 0.6) is 0 Å². The minimum atomic E-state index is 0.898. The molecule has 11 aromatic rings. The van der Waals surface area contributed by atoms with Gasteiger partial charge in [-0.05, 0) is 92.0 Å². The molecule has 0 radical (unpaired) electrons. The smallest absolute Gasteiger partial charge is 0.221 e. The Hall–Kier alpha value is -6.65. The first-order chi connectivity index (χ1) is 24.3. The Bertz CT molecular complexity index is 3070. The van der Waals surface area contributed by atoms with Gasteiger partial charge >= 0.3 is 0 Å². The van der Waals surface area contributed by atoms with E-state index < -0.39 is 0 Å². The lowest BCUT2D eigenvalue weighted by Crippen LogP contribution is -1.97. The Morgan fingerprint density at radius 1 is 0.347 bits per heavy atom. The zero-order chi connectivity index (χ0) is 32.1. The van der Waals surface area contributed by atoms with E-state index >= 15 is 0 Å². The van der Waals surface area contributed by atoms with Crippen LogP contribution in [0.2, 0.25) is 0 Å². The molecule has 0 saturated carbocycles. The van der Waals surface area contributed by atoms with E-state index in [1.807, 2.05) is 0 Å². The highest BCUT2D eigenvalue weighted by molar-refractivity contribution is 6.25. The third kappa shape index (κ3) is 3.66. The number of rotatable bonds is 3. The monoisotopic (exact) mass is 624 g/mol. The molecule has 0 aliphatic carbocycles. The summed E-state index contributed by atoms with van der Waals surface area (Å²) in [4.78, 5) is 5.41. The maximum atomic E-state index is 5.41. The molecule has 0 spiro atoms. The predicted octanol–water partition coefficient (Wildman–Crippen LogP) is 11.5. The van der Waals surface area contributed by atoms with Gasteiger partial charge in [0.15, 0.2) is 5.65 Å². The number of fused-ring (bicyclic) bond motifs is 13. The summed E-state index contributed by atoms with van der Waals surface area (Å²) in [7, 11) is 0. The Morgan fingerprint density at radius 3 is 1.63 bits per heavy atom. The lowest BCUT2D eigenvalue weighted by atomic mass is 9.92. The average Bonchev–Trinajstić information content (AvgIpc) is 3.81. The number of benzene rings is 8. The van der Waals surface area contributed by atoms with E-state index in [1.165, 1.54) is 43.4 Å². The van der Waals surface area contributed by atoms with Crippen LogP contribution in [0.15, 0.2) is 170 Å². The van der Waals surface area contributed by atoms with Crippen molar-refractivity contribution in [3.63, 3.8) is 0 Å². The van der Waals surface area contributed by atoms with Gasteiger partial charge in [-0.1, -0.05) is 121 Å². The van der Waals surface area contributed by atoms with Crippen LogP contribution >= 0.6 is 0 Å². The topological polar surface area (TPSA) is 27.2 Å². The molecule has 0 amide bonds. The van der Waals surface area contributed by atoms with Gasteiger partial charge in [-0.15, -0.1) is 0 Å². The van der Waals surface area contributed by atoms with Gasteiger partial charge in [0.05, 0.1) is 16.6 Å². The van der Waals surface area contributed by atoms with Crippen LogP contribution in [-0.4, -0.2) is 18.5 Å². The van der Waals surface area contributed by atoms with Crippen LogP contribution in [0, 0.1) is 0 Å². The van der Waals surface area contributed by atoms with E-state index in [-0.39, 0.29) is 0 Å². The molecule has 0 aliphatic heterocycles. The summed E-state index contributed by atoms with van der Waals surface area (Å²) in [6.07, 6.45) is 0. The van der Waals surface area contributed by atoms with Crippen molar-refractivity contribution in [2.75, 3.05) is 0 Å². The van der Waals surface area contributed by atoms with Gasteiger partial charge in [-0.25, -0.2) is 4.98 Å². The first-order valence-electron chi connectivity index (χ1n) is 16.7. The Morgan fingerprint density at radius 2 is 0.898 bits per heavy atom. The molecule has 8 aromatic carbocycles. The van der Waals surface area contributed by atoms with Crippen LogP contribution in [0.3, 0.4) is 0 Å². The Kier molecular flexibility index (Phi) is 5.35. The van der Waals surface area contributed by atoms with Crippen LogP contribution in [-0.2, 0) is 0 Å². The van der Waals surface area contributed by atoms with Crippen molar-refractivity contribution in [2.45, 2.75) is 0 Å². The van der Waals surface area contributed by atoms with Crippen molar-refractivity contribution in [1.29, 1.82) is 0 Å². The van der Waals surface area contributed by atoms with Gasteiger partial charge in [0.2, 0.25) is 5.78 Å². The summed E-state index contributed by atoms with van der Waals surface area (Å²) in [5.41, 5.74) is 10.0. The SMILES string of the molecule is c1ccc(-n2c3ccccc3c3nc4n(-c5cccc(-c6ccc7c8ccccc8c8ccccc8c7c6)c5)c5ccccc5n4c32)cc1. The lowest BCUT2D eigenvalue weighted by Gasteiger charge is -2.13. The van der Waals surface area contributed by atoms with E-state index in [4.69, 9.17) is 4.98 Å². The average molecular weight is 625 g/mol. The van der Waals surface area contributed by atoms with Crippen LogP contribution in [0.1, 0.15) is 0 Å². The van der Waals surface area contributed by atoms with Gasteiger partial charge in [0.1, 0.15) is 5.52 Å². The molecule has 0 aliphatic rings. The van der Waals surface area contributed by atoms with Gasteiger partial charge in [-0.2, -0.15) is 0 Å². The van der Waals surface area contributed by atoms with Crippen LogP contribution in [0.4, 0.5) is 0 Å². The quantitative estimate of drug-likeness (QED) is 0.180. The van der Waals surface area contributed by atoms with Crippen molar-refractivity contribution in [2.24, 2.45) is 0 Å². The van der Waals surface area contributed by atoms with Gasteiger partial charge in [-0.3, -0.25) is 13.5 Å². The molecule has 228 valence electrons. The molecule has 4 nitrogen and oxygen atoms in total. The lowest BCUT2D eigenvalue weighted by molar-refractivity contribution is 1.08. The Balaban J connectivity index is 1.17. The highest BCUT2D eigenvalue weighted by Gasteiger charge is 2.23. The van der Waals surface area contributed by atoms with E-state index in [0.29, 0.717) is 0 Å². The second kappa shape index (κ2) is 9.93. The van der Waals surface area contributed by atoms with E-state index in [9.17, 15) is 0 Å². The molecule has 0 bridgehead atoms. The summed E-state index contributed by atoms with van der Waals surface area (Å²) >= 11 is 0. The molecule has 3 aromatic heterocycles. The summed E-state index contributed by atoms with van der Waals surface area (Å²) < 4.78 is 6.99. The highest BCUT2D eigenvalue weighted by Crippen LogP contribution is 2.39. The molecule has 11 rings (SSSR count). The number of imidazole rings is 2. The van der Waals surface area contributed by atoms with Gasteiger partial charge < -0.3 is 0 Å². The van der Waals surface area contributed by atoms with E-state index in [2.05, 4.69) is 183 Å². The molecular weight excluding hydrogens is 597 g/mol. The fourth-order valence-electron chi connectivity index (χ4n) is 8.10. The first-order valence-corrected chi connectivity index (χ1v) is 16.7. The second-order valence-corrected chi connectivity index (χ2v) is 12.8. The van der Waals surface area contributed by atoms with E-state index in [0.717, 1.165) is 50.3 Å². The first kappa shape index (κ1) is 26.4. The molecule has 4 heteroatoms. The summed E-state index contributed by atoms with van der Waals surface area (Å²) in [6.45, 7) is 0. The normalized spacial score (nSPS) is 12.1. The third-order valence-electron chi connectivity index (χ3n) is 10.2. The molecule has 0 saturated heterocycles. The number of nitrogens with zero attached hydrogens (tertiary/aromatic N) is 4. The zero-order valence-electron chi connectivity index (χ0n) is 26.5. The maximum absolute atomic E-state index is 5.41. The molecule has 49 heavy (non-hydrogen) atoms. The van der Waals surface area contributed by atoms with Crippen molar-refractivity contribution in [3.05, 3.63) is 170 Å². The summed E-state index contributed by atoms with van der Waals surface area (Å²) in [5, 5.41) is 8.85. The fraction of sp³-hybridized carbons (Fsp3) is 0. The summed E-state index contributed by atoms with van der Waals surface area (Å²) in [6, 6.07) is 61.2. The molecule has 0 atom stereocenters. The van der Waals surface area contributed by atoms with Crippen molar-refractivity contribution in [3.8, 4) is 22.5 Å². The maximum Gasteiger partial charge on any atom is 0.221 e. The zero-order valence-corrected chi connectivity index (χ0v) is 26.5. The van der Waals surface area contributed by atoms with Crippen molar-refractivity contribution < 1.29 is 0 Å². The van der Waals surface area contributed by atoms with Gasteiger partial charge in [0, 0.05) is 16.8 Å². The molecule has 0 fully saturated rings. The second-order valence-electron chi connectivity index (χ2n) is 12.8. The number of aromatic nitrogens is 4. The fourth-order valence-corrected chi connectivity index (χ4v) is 8.10. The number of para-hydroxylation sites is 4. The van der Waals surface area contributed by atoms with Crippen molar-refractivity contribution >= 4 is 71.2 Å².